The second-order valence-corrected chi connectivity index (χ2v) is 8.77. The Hall–Kier alpha value is -3.78. The lowest BCUT2D eigenvalue weighted by molar-refractivity contribution is -0.113. The van der Waals surface area contributed by atoms with E-state index in [1.807, 2.05) is 6.07 Å². The number of pyridine rings is 1. The van der Waals surface area contributed by atoms with E-state index in [2.05, 4.69) is 20.7 Å². The molecule has 0 unspecified atom stereocenters. The summed E-state index contributed by atoms with van der Waals surface area (Å²) < 4.78 is 29.0. The molecule has 8 nitrogen and oxygen atoms in total. The molecule has 0 atom stereocenters. The van der Waals surface area contributed by atoms with Crippen LogP contribution in [0.2, 0.25) is 0 Å². The summed E-state index contributed by atoms with van der Waals surface area (Å²) in [5, 5.41) is 19.3. The van der Waals surface area contributed by atoms with Crippen molar-refractivity contribution in [1.82, 2.24) is 20.1 Å². The Morgan fingerprint density at radius 3 is 2.58 bits per heavy atom. The second kappa shape index (κ2) is 7.67. The minimum Gasteiger partial charge on any atom is -0.340 e. The molecule has 0 saturated carbocycles. The maximum absolute atomic E-state index is 13.8. The highest BCUT2D eigenvalue weighted by Crippen LogP contribution is 2.45. The molecule has 0 saturated heterocycles. The van der Waals surface area contributed by atoms with E-state index < -0.39 is 23.1 Å². The Morgan fingerprint density at radius 2 is 2.00 bits per heavy atom. The minimum atomic E-state index is -0.994. The summed E-state index contributed by atoms with van der Waals surface area (Å²) in [5.74, 6) is -2.05. The number of carbonyl (C=O) groups is 2. The number of nitrogens with zero attached hydrogens (tertiary/aromatic N) is 4. The molecule has 3 aromatic rings. The van der Waals surface area contributed by atoms with Gasteiger partial charge in [0.15, 0.2) is 23.3 Å². The summed E-state index contributed by atoms with van der Waals surface area (Å²) >= 11 is 1.32. The van der Waals surface area contributed by atoms with Gasteiger partial charge in [-0.15, -0.1) is 0 Å². The van der Waals surface area contributed by atoms with Gasteiger partial charge in [-0.2, -0.15) is 26.8 Å². The standard InChI is InChI=1S/C22H16F2N6O2S/c1-33-10-17(31)27-20-18-19(29-30(20)16-3-2-11(8-25)9-26-16)22(28-21(18)32)6-12-4-14(23)15(24)5-13(12)7-22/h2-5,9H,6-7,10H2,1H3,(H,27,31)(H,28,32). The average Bonchev–Trinajstić information content (AvgIpc) is 3.41. The molecule has 0 radical (unpaired) electrons. The van der Waals surface area contributed by atoms with Crippen LogP contribution in [-0.4, -0.2) is 38.6 Å². The van der Waals surface area contributed by atoms with Crippen molar-refractivity contribution in [1.29, 1.82) is 5.26 Å². The molecule has 3 heterocycles. The number of hydrogen-bond donors (Lipinski definition) is 2. The Bertz CT molecular complexity index is 1330. The number of hydrogen-bond acceptors (Lipinski definition) is 6. The number of fused-ring (bicyclic) bond motifs is 3. The van der Waals surface area contributed by atoms with Crippen LogP contribution in [0.15, 0.2) is 30.5 Å². The topological polar surface area (TPSA) is 113 Å². The highest BCUT2D eigenvalue weighted by Gasteiger charge is 2.51. The molecular weight excluding hydrogens is 450 g/mol. The molecule has 1 aromatic carbocycles. The number of rotatable bonds is 4. The van der Waals surface area contributed by atoms with Crippen LogP contribution in [0.3, 0.4) is 0 Å². The van der Waals surface area contributed by atoms with E-state index in [1.54, 1.807) is 18.4 Å². The molecule has 2 amide bonds. The molecule has 11 heteroatoms. The number of benzene rings is 1. The Kier molecular flexibility index (Phi) is 4.90. The zero-order chi connectivity index (χ0) is 23.3. The Morgan fingerprint density at radius 1 is 1.30 bits per heavy atom. The van der Waals surface area contributed by atoms with E-state index in [0.717, 1.165) is 12.1 Å². The molecule has 2 aromatic heterocycles. The third-order valence-electron chi connectivity index (χ3n) is 5.77. The van der Waals surface area contributed by atoms with Crippen LogP contribution in [-0.2, 0) is 23.2 Å². The number of anilines is 1. The monoisotopic (exact) mass is 466 g/mol. The zero-order valence-corrected chi connectivity index (χ0v) is 18.1. The fourth-order valence-corrected chi connectivity index (χ4v) is 4.73. The number of nitriles is 1. The quantitative estimate of drug-likeness (QED) is 0.611. The van der Waals surface area contributed by atoms with Crippen molar-refractivity contribution in [2.24, 2.45) is 0 Å². The van der Waals surface area contributed by atoms with Crippen molar-refractivity contribution in [2.75, 3.05) is 17.3 Å². The number of carbonyl (C=O) groups excluding carboxylic acids is 2. The van der Waals surface area contributed by atoms with Gasteiger partial charge in [-0.3, -0.25) is 9.59 Å². The van der Waals surface area contributed by atoms with Gasteiger partial charge in [-0.25, -0.2) is 13.8 Å². The van der Waals surface area contributed by atoms with Gasteiger partial charge in [0.25, 0.3) is 5.91 Å². The third kappa shape index (κ3) is 3.34. The lowest BCUT2D eigenvalue weighted by Gasteiger charge is -2.22. The van der Waals surface area contributed by atoms with E-state index >= 15 is 0 Å². The molecule has 2 aliphatic rings. The SMILES string of the molecule is CSCC(=O)Nc1c2c(nn1-c1ccc(C#N)cn1)C1(Cc3cc(F)c(F)cc3C1)NC2=O. The summed E-state index contributed by atoms with van der Waals surface area (Å²) in [6.07, 6.45) is 3.60. The fraction of sp³-hybridized carbons (Fsp3) is 0.227. The van der Waals surface area contributed by atoms with Crippen LogP contribution in [0.25, 0.3) is 5.82 Å². The molecular formula is C22H16F2N6O2S. The fourth-order valence-electron chi connectivity index (χ4n) is 4.39. The van der Waals surface area contributed by atoms with Crippen LogP contribution >= 0.6 is 11.8 Å². The highest BCUT2D eigenvalue weighted by molar-refractivity contribution is 7.99. The predicted molar refractivity (Wildman–Crippen MR) is 116 cm³/mol. The minimum absolute atomic E-state index is 0.156. The molecule has 0 bridgehead atoms. The van der Waals surface area contributed by atoms with Crippen molar-refractivity contribution in [3.8, 4) is 11.9 Å². The van der Waals surface area contributed by atoms with Gasteiger partial charge < -0.3 is 10.6 Å². The first-order valence-electron chi connectivity index (χ1n) is 9.93. The first kappa shape index (κ1) is 21.1. The number of nitrogens with one attached hydrogen (secondary N) is 2. The van der Waals surface area contributed by atoms with Gasteiger partial charge in [0, 0.05) is 19.0 Å². The van der Waals surface area contributed by atoms with E-state index in [4.69, 9.17) is 5.26 Å². The Balaban J connectivity index is 1.64. The van der Waals surface area contributed by atoms with Gasteiger partial charge in [0.05, 0.1) is 16.9 Å². The van der Waals surface area contributed by atoms with E-state index in [1.165, 1.54) is 22.6 Å². The van der Waals surface area contributed by atoms with E-state index in [-0.39, 0.29) is 35.9 Å². The Labute approximate surface area is 191 Å². The van der Waals surface area contributed by atoms with Crippen LogP contribution < -0.4 is 10.6 Å². The molecule has 1 aliphatic heterocycles. The number of thioether (sulfide) groups is 1. The highest BCUT2D eigenvalue weighted by atomic mass is 32.2. The van der Waals surface area contributed by atoms with E-state index in [0.29, 0.717) is 28.2 Å². The zero-order valence-electron chi connectivity index (χ0n) is 17.3. The first-order valence-corrected chi connectivity index (χ1v) is 11.3. The van der Waals surface area contributed by atoms with Gasteiger partial charge in [0.1, 0.15) is 17.3 Å². The summed E-state index contributed by atoms with van der Waals surface area (Å²) in [6, 6.07) is 7.38. The smallest absolute Gasteiger partial charge is 0.257 e. The van der Waals surface area contributed by atoms with Crippen molar-refractivity contribution >= 4 is 29.4 Å². The van der Waals surface area contributed by atoms with Crippen LogP contribution in [0.4, 0.5) is 14.6 Å². The van der Waals surface area contributed by atoms with E-state index in [9.17, 15) is 18.4 Å². The van der Waals surface area contributed by atoms with Gasteiger partial charge in [0.2, 0.25) is 5.91 Å². The first-order chi connectivity index (χ1) is 15.8. The largest absolute Gasteiger partial charge is 0.340 e. The van der Waals surface area contributed by atoms with Crippen molar-refractivity contribution < 1.29 is 18.4 Å². The maximum Gasteiger partial charge on any atom is 0.257 e. The van der Waals surface area contributed by atoms with Gasteiger partial charge >= 0.3 is 0 Å². The lowest BCUT2D eigenvalue weighted by atomic mass is 9.93. The number of halogens is 2. The third-order valence-corrected chi connectivity index (χ3v) is 6.32. The van der Waals surface area contributed by atoms with Gasteiger partial charge in [-0.1, -0.05) is 0 Å². The van der Waals surface area contributed by atoms with Crippen molar-refractivity contribution in [3.05, 3.63) is 70.0 Å². The van der Waals surface area contributed by atoms with Gasteiger partial charge in [-0.05, 0) is 41.6 Å². The summed E-state index contributed by atoms with van der Waals surface area (Å²) in [6.45, 7) is 0. The van der Waals surface area contributed by atoms with Crippen LogP contribution in [0.1, 0.15) is 32.7 Å². The second-order valence-electron chi connectivity index (χ2n) is 7.91. The average molecular weight is 466 g/mol. The van der Waals surface area contributed by atoms with Crippen molar-refractivity contribution in [3.63, 3.8) is 0 Å². The molecule has 2 N–H and O–H groups in total. The lowest BCUT2D eigenvalue weighted by Crippen LogP contribution is -2.41. The van der Waals surface area contributed by atoms with Crippen LogP contribution in [0.5, 0.6) is 0 Å². The predicted octanol–water partition coefficient (Wildman–Crippen LogP) is 2.46. The number of aromatic nitrogens is 3. The normalized spacial score (nSPS) is 15.2. The summed E-state index contributed by atoms with van der Waals surface area (Å²) in [5.41, 5.74) is 1.07. The molecule has 33 heavy (non-hydrogen) atoms. The molecule has 0 fully saturated rings. The molecule has 1 spiro atoms. The van der Waals surface area contributed by atoms with Crippen molar-refractivity contribution in [2.45, 2.75) is 18.4 Å². The van der Waals surface area contributed by atoms with Crippen LogP contribution in [0, 0.1) is 23.0 Å². The molecule has 1 aliphatic carbocycles. The maximum atomic E-state index is 13.8. The molecule has 166 valence electrons. The summed E-state index contributed by atoms with van der Waals surface area (Å²) in [4.78, 5) is 29.7. The molecule has 5 rings (SSSR count). The number of amides is 2. The summed E-state index contributed by atoms with van der Waals surface area (Å²) in [7, 11) is 0.